The number of amides is 1. The molecule has 3 aliphatic heterocycles. The molecule has 4 aliphatic rings. The lowest BCUT2D eigenvalue weighted by Gasteiger charge is -2.49. The van der Waals surface area contributed by atoms with E-state index in [0.29, 0.717) is 13.0 Å². The number of ether oxygens (including phenoxy) is 8. The van der Waals surface area contributed by atoms with Crippen molar-refractivity contribution in [2.45, 2.75) is 223 Å². The van der Waals surface area contributed by atoms with E-state index in [0.717, 1.165) is 22.3 Å². The number of methoxy groups -OCH3 is 1. The maximum absolute atomic E-state index is 14.9. The number of esters is 2. The number of cyclic esters (lactones) is 1. The van der Waals surface area contributed by atoms with E-state index in [-0.39, 0.29) is 48.2 Å². The molecule has 0 radical (unpaired) electrons. The number of fused-ring (bicyclic) bond motifs is 3. The molecule has 5 N–H and O–H groups in total. The molecule has 3 heterocycles. The van der Waals surface area contributed by atoms with Crippen LogP contribution in [0.15, 0.2) is 48.5 Å². The third-order valence-corrected chi connectivity index (χ3v) is 18.4. The van der Waals surface area contributed by atoms with Crippen molar-refractivity contribution in [2.24, 2.45) is 17.8 Å². The van der Waals surface area contributed by atoms with Crippen LogP contribution in [0.5, 0.6) is 0 Å². The van der Waals surface area contributed by atoms with Gasteiger partial charge in [0.25, 0.3) is 0 Å². The molecular weight excluding hydrogens is 1030 g/mol. The lowest BCUT2D eigenvalue weighted by Crippen LogP contribution is -2.61. The molecule has 2 aromatic rings. The van der Waals surface area contributed by atoms with Crippen LogP contribution in [0, 0.1) is 17.8 Å². The second kappa shape index (κ2) is 26.4. The van der Waals surface area contributed by atoms with Gasteiger partial charge < -0.3 is 73.4 Å². The van der Waals surface area contributed by atoms with E-state index in [1.54, 1.807) is 48.5 Å². The van der Waals surface area contributed by atoms with Gasteiger partial charge in [0, 0.05) is 48.5 Å². The number of aliphatic hydroxyl groups excluding tert-OH is 2. The molecule has 0 bridgehead atoms. The summed E-state index contributed by atoms with van der Waals surface area (Å²) in [6.45, 7) is 23.9. The predicted octanol–water partition coefficient (Wildman–Crippen LogP) is 6.89. The van der Waals surface area contributed by atoms with Crippen LogP contribution >= 0.6 is 11.8 Å². The summed E-state index contributed by atoms with van der Waals surface area (Å²) in [5.41, 5.74) is -0.446. The first-order chi connectivity index (χ1) is 36.8. The van der Waals surface area contributed by atoms with Crippen molar-refractivity contribution in [3.63, 3.8) is 0 Å². The number of hydrogen-bond acceptors (Lipinski definition) is 18. The van der Waals surface area contributed by atoms with Crippen LogP contribution in [0.4, 0.5) is 4.79 Å². The highest BCUT2D eigenvalue weighted by Crippen LogP contribution is 2.45. The van der Waals surface area contributed by atoms with Gasteiger partial charge in [-0.25, -0.2) is 9.59 Å². The highest BCUT2D eigenvalue weighted by Gasteiger charge is 2.54. The van der Waals surface area contributed by atoms with E-state index >= 15 is 0 Å². The van der Waals surface area contributed by atoms with Gasteiger partial charge in [0.15, 0.2) is 18.7 Å². The molecule has 2 aromatic carbocycles. The fourth-order valence-corrected chi connectivity index (χ4v) is 13.2. The van der Waals surface area contributed by atoms with E-state index < -0.39 is 126 Å². The molecule has 0 spiro atoms. The van der Waals surface area contributed by atoms with Crippen molar-refractivity contribution in [3.8, 4) is 11.1 Å². The molecule has 19 heteroatoms. The highest BCUT2D eigenvalue weighted by atomic mass is 32.2. The molecule has 0 aromatic heterocycles. The average Bonchev–Trinajstić information content (AvgIpc) is 3.78. The van der Waals surface area contributed by atoms with Crippen molar-refractivity contribution < 1.29 is 72.7 Å². The summed E-state index contributed by atoms with van der Waals surface area (Å²) in [5.74, 6) is -3.84. The summed E-state index contributed by atoms with van der Waals surface area (Å²) in [4.78, 5) is 47.4. The van der Waals surface area contributed by atoms with E-state index in [1.165, 1.54) is 25.8 Å². The highest BCUT2D eigenvalue weighted by molar-refractivity contribution is 8.00. The Bertz CT molecular complexity index is 2310. The zero-order chi connectivity index (χ0) is 58.7. The summed E-state index contributed by atoms with van der Waals surface area (Å²) in [7, 11) is 7.06. The molecular formula is C60H95N3O15S. The Labute approximate surface area is 474 Å². The molecule has 0 unspecified atom stereocenters. The number of nitrogens with zero attached hydrogens (tertiary/aromatic N) is 2. The van der Waals surface area contributed by atoms with Gasteiger partial charge in [0.05, 0.1) is 47.6 Å². The number of carbonyl (C=O) groups is 3. The van der Waals surface area contributed by atoms with Gasteiger partial charge in [-0.05, 0) is 117 Å². The van der Waals surface area contributed by atoms with Gasteiger partial charge >= 0.3 is 18.0 Å². The average molecular weight is 1130 g/mol. The number of benzene rings is 2. The minimum atomic E-state index is -1.88. The number of thioether (sulfide) groups is 1. The molecule has 18 nitrogen and oxygen atoms in total. The normalized spacial score (nSPS) is 37.7. The van der Waals surface area contributed by atoms with Crippen molar-refractivity contribution in [1.82, 2.24) is 15.1 Å². The molecule has 446 valence electrons. The third-order valence-electron chi connectivity index (χ3n) is 17.0. The van der Waals surface area contributed by atoms with Gasteiger partial charge in [0.1, 0.15) is 36.6 Å². The maximum atomic E-state index is 14.9. The lowest BCUT2D eigenvalue weighted by molar-refractivity contribution is -0.319. The Morgan fingerprint density at radius 1 is 0.899 bits per heavy atom. The predicted molar refractivity (Wildman–Crippen MR) is 302 cm³/mol. The first kappa shape index (κ1) is 64.7. The molecule has 6 rings (SSSR count). The first-order valence-electron chi connectivity index (χ1n) is 28.3. The quantitative estimate of drug-likeness (QED) is 0.0959. The second-order valence-electron chi connectivity index (χ2n) is 25.0. The van der Waals surface area contributed by atoms with Crippen LogP contribution in [0.3, 0.4) is 0 Å². The van der Waals surface area contributed by atoms with Crippen LogP contribution in [0.1, 0.15) is 133 Å². The van der Waals surface area contributed by atoms with Gasteiger partial charge in [-0.3, -0.25) is 4.79 Å². The number of hydrogen-bond donors (Lipinski definition) is 5. The summed E-state index contributed by atoms with van der Waals surface area (Å²) in [5, 5.41) is 51.0. The smallest absolute Gasteiger partial charge is 0.407 e. The Kier molecular flexibility index (Phi) is 21.7. The molecule has 3 fully saturated rings. The van der Waals surface area contributed by atoms with Crippen molar-refractivity contribution in [2.75, 3.05) is 47.2 Å². The van der Waals surface area contributed by atoms with Crippen molar-refractivity contribution in [3.05, 3.63) is 59.7 Å². The SMILES string of the molecule is CC[C@H]1OC(=O)[C@H](C)[C@@H](O[C@H]2C[C@@](C)(OC)[C@@H](O)[C@H](C)O2)[C@H](C)[C@@H](O[C@@H]2O[C@H](C)C[C@H](N(C)C)[C@H]2OC(=O)[C@H](CSC(C)(C)C)NC(=O)OCC2c3ccccc3-c3ccccc32)[C@](C)(O)C[C@@H](C)CN(C)[C@H](C)[C@@H](O)[C@]1(C)O. The number of nitrogens with one attached hydrogen (secondary N) is 1. The Hall–Kier alpha value is -3.44. The molecule has 1 aliphatic carbocycles. The number of likely N-dealkylation sites (N-methyl/N-ethyl adjacent to an activating group) is 2. The Balaban J connectivity index is 1.37. The van der Waals surface area contributed by atoms with Crippen LogP contribution in [0.2, 0.25) is 0 Å². The number of aliphatic hydroxyl groups is 4. The Morgan fingerprint density at radius 2 is 1.51 bits per heavy atom. The maximum Gasteiger partial charge on any atom is 0.407 e. The molecule has 3 saturated heterocycles. The molecule has 19 atom stereocenters. The van der Waals surface area contributed by atoms with E-state index in [2.05, 4.69) is 17.4 Å². The van der Waals surface area contributed by atoms with Gasteiger partial charge in [-0.15, -0.1) is 0 Å². The van der Waals surface area contributed by atoms with Crippen LogP contribution in [-0.2, 0) is 47.5 Å². The van der Waals surface area contributed by atoms with Gasteiger partial charge in [0.2, 0.25) is 0 Å². The van der Waals surface area contributed by atoms with Crippen LogP contribution in [0.25, 0.3) is 11.1 Å². The third kappa shape index (κ3) is 15.2. The van der Waals surface area contributed by atoms with E-state index in [4.69, 9.17) is 37.9 Å². The number of carbonyl (C=O) groups excluding carboxylic acids is 3. The largest absolute Gasteiger partial charge is 0.459 e. The molecule has 0 saturated carbocycles. The lowest BCUT2D eigenvalue weighted by atomic mass is 9.77. The van der Waals surface area contributed by atoms with E-state index in [9.17, 15) is 34.8 Å². The van der Waals surface area contributed by atoms with Gasteiger partial charge in [-0.2, -0.15) is 11.8 Å². The first-order valence-corrected chi connectivity index (χ1v) is 29.3. The molecule has 1 amide bonds. The Morgan fingerprint density at radius 3 is 2.08 bits per heavy atom. The summed E-state index contributed by atoms with van der Waals surface area (Å²) in [6.07, 6.45) is -10.6. The zero-order valence-corrected chi connectivity index (χ0v) is 50.8. The topological polar surface area (TPSA) is 224 Å². The standard InChI is InChI=1S/C60H95N3O15S/c1-18-46-60(13,70)50(64)37(6)63(16)30-33(2)28-58(11,69)52(35(4)48(36(5)53(66)75-46)76-47-29-59(12,71-17)51(65)38(7)74-47)78-55-49(45(62(14)15)27-34(3)73-55)77-54(67)44(32-79-57(8,9)10)61-56(68)72-31-43-41-25-21-19-23-39(41)40-24-20-22-26-42(40)43/h19-26,33-38,43-52,55,64-65,69-70H,18,27-32H2,1-17H3,(H,61,68)/t33-,34-,35+,36-,37-,38+,44+,45+,46-,47+,48+,49-,50-,51+,52-,55+,58-,59-,60-/m1/s1. The summed E-state index contributed by atoms with van der Waals surface area (Å²) in [6, 6.07) is 13.8. The molecule has 79 heavy (non-hydrogen) atoms. The fraction of sp³-hybridized carbons (Fsp3) is 0.750. The fourth-order valence-electron chi connectivity index (χ4n) is 12.3. The second-order valence-corrected chi connectivity index (χ2v) is 26.9. The zero-order valence-electron chi connectivity index (χ0n) is 50.0. The number of rotatable bonds is 14. The number of alkyl carbamates (subject to hydrolysis) is 1. The van der Waals surface area contributed by atoms with Crippen molar-refractivity contribution >= 4 is 29.8 Å². The van der Waals surface area contributed by atoms with Crippen LogP contribution < -0.4 is 5.32 Å². The van der Waals surface area contributed by atoms with E-state index in [1.807, 2.05) is 102 Å². The van der Waals surface area contributed by atoms with Crippen LogP contribution in [-0.4, -0.2) is 197 Å². The minimum Gasteiger partial charge on any atom is -0.459 e. The van der Waals surface area contributed by atoms with Crippen molar-refractivity contribution in [1.29, 1.82) is 0 Å². The summed E-state index contributed by atoms with van der Waals surface area (Å²) < 4.78 is 51.3. The van der Waals surface area contributed by atoms with Gasteiger partial charge in [-0.1, -0.05) is 90.1 Å². The monoisotopic (exact) mass is 1130 g/mol. The minimum absolute atomic E-state index is 0.0387. The summed E-state index contributed by atoms with van der Waals surface area (Å²) >= 11 is 1.48.